The zero-order valence-electron chi connectivity index (χ0n) is 12.1. The van der Waals surface area contributed by atoms with Crippen LogP contribution in [0, 0.1) is 0 Å². The number of hydrogen-bond donors (Lipinski definition) is 1. The molecule has 3 heterocycles. The fourth-order valence-electron chi connectivity index (χ4n) is 2.56. The Balaban J connectivity index is 1.80. The lowest BCUT2D eigenvalue weighted by atomic mass is 10.0. The molecule has 1 saturated heterocycles. The summed E-state index contributed by atoms with van der Waals surface area (Å²) in [6.07, 6.45) is 6.99. The molecule has 3 rings (SSSR count). The van der Waals surface area contributed by atoms with Crippen LogP contribution in [-0.4, -0.2) is 45.9 Å². The van der Waals surface area contributed by atoms with Crippen LogP contribution in [0.5, 0.6) is 0 Å². The van der Waals surface area contributed by atoms with Crippen LogP contribution in [0.2, 0.25) is 0 Å². The summed E-state index contributed by atoms with van der Waals surface area (Å²) < 4.78 is 25.0. The van der Waals surface area contributed by atoms with Crippen molar-refractivity contribution in [1.29, 1.82) is 0 Å². The number of aromatic nitrogens is 3. The van der Waals surface area contributed by atoms with E-state index in [9.17, 15) is 13.2 Å². The third kappa shape index (κ3) is 3.01. The molecule has 22 heavy (non-hydrogen) atoms. The van der Waals surface area contributed by atoms with Crippen LogP contribution >= 0.6 is 0 Å². The minimum absolute atomic E-state index is 0.0348. The van der Waals surface area contributed by atoms with Gasteiger partial charge in [0.15, 0.2) is 9.84 Å². The Hall–Kier alpha value is -2.22. The van der Waals surface area contributed by atoms with Gasteiger partial charge in [-0.3, -0.25) is 9.78 Å². The van der Waals surface area contributed by atoms with Crippen molar-refractivity contribution >= 4 is 15.7 Å². The van der Waals surface area contributed by atoms with Gasteiger partial charge < -0.3 is 9.88 Å². The molecule has 1 amide bonds. The van der Waals surface area contributed by atoms with E-state index >= 15 is 0 Å². The molecule has 0 aliphatic carbocycles. The second-order valence-corrected chi connectivity index (χ2v) is 7.91. The third-order valence-corrected chi connectivity index (χ3v) is 5.60. The van der Waals surface area contributed by atoms with E-state index in [2.05, 4.69) is 15.3 Å². The van der Waals surface area contributed by atoms with Gasteiger partial charge in [-0.1, -0.05) is 0 Å². The number of sulfone groups is 1. The van der Waals surface area contributed by atoms with E-state index in [0.717, 1.165) is 5.69 Å². The summed E-state index contributed by atoms with van der Waals surface area (Å²) in [7, 11) is -3.07. The van der Waals surface area contributed by atoms with Gasteiger partial charge >= 0.3 is 0 Å². The summed E-state index contributed by atoms with van der Waals surface area (Å²) in [5.74, 6) is -0.305. The third-order valence-electron chi connectivity index (χ3n) is 3.70. The molecular formula is C14H16N4O3S. The number of rotatable bonds is 3. The van der Waals surface area contributed by atoms with Gasteiger partial charge in [0, 0.05) is 18.6 Å². The molecule has 1 fully saturated rings. The largest absolute Gasteiger partial charge is 0.344 e. The Morgan fingerprint density at radius 3 is 2.86 bits per heavy atom. The molecule has 0 radical (unpaired) electrons. The lowest BCUT2D eigenvalue weighted by Gasteiger charge is -2.23. The van der Waals surface area contributed by atoms with Crippen molar-refractivity contribution in [3.05, 3.63) is 42.7 Å². The van der Waals surface area contributed by atoms with Crippen LogP contribution in [0.15, 0.2) is 37.1 Å². The minimum atomic E-state index is -3.07. The predicted octanol–water partition coefficient (Wildman–Crippen LogP) is 0.574. The maximum absolute atomic E-state index is 12.3. The molecule has 1 unspecified atom stereocenters. The molecular weight excluding hydrogens is 304 g/mol. The van der Waals surface area contributed by atoms with E-state index in [4.69, 9.17) is 0 Å². The number of nitrogens with zero attached hydrogens (tertiary/aromatic N) is 3. The lowest BCUT2D eigenvalue weighted by molar-refractivity contribution is 0.0910. The predicted molar refractivity (Wildman–Crippen MR) is 80.5 cm³/mol. The number of carbonyl (C=O) groups excluding carboxylic acids is 1. The number of carbonyl (C=O) groups is 1. The first-order valence-electron chi connectivity index (χ1n) is 6.84. The Labute approximate surface area is 128 Å². The molecule has 0 spiro atoms. The van der Waals surface area contributed by atoms with E-state index in [-0.39, 0.29) is 23.1 Å². The number of hydrogen-bond acceptors (Lipinski definition) is 5. The molecule has 1 N–H and O–H groups in total. The highest BCUT2D eigenvalue weighted by molar-refractivity contribution is 7.91. The number of amides is 1. The molecule has 2 aromatic rings. The summed E-state index contributed by atoms with van der Waals surface area (Å²) >= 11 is 0. The van der Waals surface area contributed by atoms with Crippen molar-refractivity contribution in [1.82, 2.24) is 19.9 Å². The smallest absolute Gasteiger partial charge is 0.270 e. The molecule has 8 heteroatoms. The summed E-state index contributed by atoms with van der Waals surface area (Å²) in [6, 6.07) is 3.41. The maximum atomic E-state index is 12.3. The molecule has 0 aromatic carbocycles. The van der Waals surface area contributed by atoms with Crippen LogP contribution in [0.25, 0.3) is 5.69 Å². The molecule has 1 atom stereocenters. The quantitative estimate of drug-likeness (QED) is 0.892. The van der Waals surface area contributed by atoms with Crippen LogP contribution in [0.4, 0.5) is 0 Å². The first-order valence-corrected chi connectivity index (χ1v) is 8.66. The highest BCUT2D eigenvalue weighted by atomic mass is 32.2. The average Bonchev–Trinajstić information content (AvgIpc) is 3.07. The van der Waals surface area contributed by atoms with E-state index in [1.54, 1.807) is 42.3 Å². The Morgan fingerprint density at radius 1 is 1.41 bits per heavy atom. The van der Waals surface area contributed by atoms with E-state index in [0.29, 0.717) is 6.42 Å². The van der Waals surface area contributed by atoms with Crippen LogP contribution in [0.1, 0.15) is 23.8 Å². The van der Waals surface area contributed by atoms with Gasteiger partial charge in [-0.25, -0.2) is 13.4 Å². The number of pyridine rings is 1. The van der Waals surface area contributed by atoms with Gasteiger partial charge in [0.05, 0.1) is 29.1 Å². The topological polar surface area (TPSA) is 93.9 Å². The average molecular weight is 320 g/mol. The van der Waals surface area contributed by atoms with Crippen LogP contribution in [0.3, 0.4) is 0 Å². The molecule has 0 saturated carbocycles. The summed E-state index contributed by atoms with van der Waals surface area (Å²) in [4.78, 5) is 20.4. The first kappa shape index (κ1) is 14.7. The van der Waals surface area contributed by atoms with Gasteiger partial charge in [0.25, 0.3) is 5.91 Å². The van der Waals surface area contributed by atoms with Crippen molar-refractivity contribution < 1.29 is 13.2 Å². The standard InChI is InChI=1S/C14H16N4O3S/c1-14(3-7-22(20,21)9-14)17-13(19)12-8-11(2-4-16-12)18-6-5-15-10-18/h2,4-6,8,10H,3,7,9H2,1H3,(H,17,19). The van der Waals surface area contributed by atoms with Crippen molar-refractivity contribution in [3.63, 3.8) is 0 Å². The Bertz CT molecular complexity index is 801. The minimum Gasteiger partial charge on any atom is -0.344 e. The van der Waals surface area contributed by atoms with Gasteiger partial charge in [-0.15, -0.1) is 0 Å². The molecule has 0 bridgehead atoms. The van der Waals surface area contributed by atoms with Gasteiger partial charge in [-0.2, -0.15) is 0 Å². The fraction of sp³-hybridized carbons (Fsp3) is 0.357. The second kappa shape index (κ2) is 5.20. The van der Waals surface area contributed by atoms with Crippen molar-refractivity contribution in [3.8, 4) is 5.69 Å². The Morgan fingerprint density at radius 2 is 2.23 bits per heavy atom. The number of imidazole rings is 1. The first-order chi connectivity index (χ1) is 10.4. The Kier molecular flexibility index (Phi) is 3.48. The van der Waals surface area contributed by atoms with Crippen molar-refractivity contribution in [2.45, 2.75) is 18.9 Å². The zero-order chi connectivity index (χ0) is 15.8. The van der Waals surface area contributed by atoms with Gasteiger partial charge in [-0.05, 0) is 25.5 Å². The summed E-state index contributed by atoms with van der Waals surface area (Å²) in [5, 5.41) is 2.79. The lowest BCUT2D eigenvalue weighted by Crippen LogP contribution is -2.47. The molecule has 1 aliphatic rings. The van der Waals surface area contributed by atoms with Gasteiger partial charge in [0.2, 0.25) is 0 Å². The fourth-order valence-corrected chi connectivity index (χ4v) is 4.66. The number of nitrogens with one attached hydrogen (secondary N) is 1. The van der Waals surface area contributed by atoms with Crippen LogP contribution < -0.4 is 5.32 Å². The van der Waals surface area contributed by atoms with E-state index in [1.807, 2.05) is 0 Å². The summed E-state index contributed by atoms with van der Waals surface area (Å²) in [5.41, 5.74) is 0.279. The molecule has 7 nitrogen and oxygen atoms in total. The van der Waals surface area contributed by atoms with Crippen molar-refractivity contribution in [2.24, 2.45) is 0 Å². The van der Waals surface area contributed by atoms with Crippen LogP contribution in [-0.2, 0) is 9.84 Å². The normalized spacial score (nSPS) is 23.3. The van der Waals surface area contributed by atoms with E-state index < -0.39 is 15.4 Å². The SMILES string of the molecule is CC1(NC(=O)c2cc(-n3ccnc3)ccn2)CCS(=O)(=O)C1. The maximum Gasteiger partial charge on any atom is 0.270 e. The zero-order valence-corrected chi connectivity index (χ0v) is 12.9. The highest BCUT2D eigenvalue weighted by Crippen LogP contribution is 2.23. The monoisotopic (exact) mass is 320 g/mol. The second-order valence-electron chi connectivity index (χ2n) is 5.73. The highest BCUT2D eigenvalue weighted by Gasteiger charge is 2.39. The van der Waals surface area contributed by atoms with E-state index in [1.165, 1.54) is 6.20 Å². The molecule has 116 valence electrons. The summed E-state index contributed by atoms with van der Waals surface area (Å²) in [6.45, 7) is 1.75. The molecule has 1 aliphatic heterocycles. The van der Waals surface area contributed by atoms with Gasteiger partial charge in [0.1, 0.15) is 5.69 Å². The molecule has 2 aromatic heterocycles. The van der Waals surface area contributed by atoms with Crippen molar-refractivity contribution in [2.75, 3.05) is 11.5 Å².